The molecule has 14 heavy (non-hydrogen) atoms. The Kier molecular flexibility index (Phi) is 3.77. The van der Waals surface area contributed by atoms with Gasteiger partial charge < -0.3 is 4.74 Å². The van der Waals surface area contributed by atoms with Gasteiger partial charge in [-0.1, -0.05) is 18.2 Å². The van der Waals surface area contributed by atoms with Crippen LogP contribution in [0.25, 0.3) is 0 Å². The molecule has 0 amide bonds. The minimum Gasteiger partial charge on any atom is -0.366 e. The third kappa shape index (κ3) is 2.39. The van der Waals surface area contributed by atoms with Crippen LogP contribution in [0.15, 0.2) is 24.3 Å². The van der Waals surface area contributed by atoms with Gasteiger partial charge in [0.25, 0.3) is 0 Å². The number of halogens is 1. The van der Waals surface area contributed by atoms with E-state index < -0.39 is 11.9 Å². The normalized spacial score (nSPS) is 12.5. The molecule has 0 aliphatic rings. The molecule has 1 rings (SSSR count). The van der Waals surface area contributed by atoms with Crippen molar-refractivity contribution in [1.82, 2.24) is 0 Å². The molecule has 0 N–H and O–H groups in total. The van der Waals surface area contributed by atoms with Crippen molar-refractivity contribution in [3.8, 4) is 0 Å². The van der Waals surface area contributed by atoms with Crippen molar-refractivity contribution in [2.24, 2.45) is 0 Å². The first-order chi connectivity index (χ1) is 6.66. The largest absolute Gasteiger partial charge is 0.366 e. The van der Waals surface area contributed by atoms with Crippen LogP contribution in [0.2, 0.25) is 0 Å². The number of hydrogen-bond acceptors (Lipinski definition) is 2. The molecule has 0 radical (unpaired) electrons. The highest BCUT2D eigenvalue weighted by atomic mass is 19.1. The minimum atomic E-state index is -0.777. The van der Waals surface area contributed by atoms with Gasteiger partial charge in [0.1, 0.15) is 11.9 Å². The van der Waals surface area contributed by atoms with Crippen LogP contribution in [-0.4, -0.2) is 12.4 Å². The molecule has 0 bridgehead atoms. The predicted molar refractivity (Wildman–Crippen MR) is 51.4 cm³/mol. The SMILES string of the molecule is CCOC(C(C)=O)c1ccccc1F. The Morgan fingerprint density at radius 2 is 2.14 bits per heavy atom. The maximum Gasteiger partial charge on any atom is 0.163 e. The van der Waals surface area contributed by atoms with E-state index in [1.165, 1.54) is 13.0 Å². The van der Waals surface area contributed by atoms with E-state index in [2.05, 4.69) is 0 Å². The average molecular weight is 196 g/mol. The zero-order valence-corrected chi connectivity index (χ0v) is 8.29. The van der Waals surface area contributed by atoms with Crippen LogP contribution in [0.3, 0.4) is 0 Å². The van der Waals surface area contributed by atoms with Gasteiger partial charge in [-0.3, -0.25) is 4.79 Å². The Hall–Kier alpha value is -1.22. The molecule has 76 valence electrons. The van der Waals surface area contributed by atoms with E-state index in [9.17, 15) is 9.18 Å². The number of ketones is 1. The topological polar surface area (TPSA) is 26.3 Å². The van der Waals surface area contributed by atoms with E-state index in [0.717, 1.165) is 0 Å². The van der Waals surface area contributed by atoms with Crippen molar-refractivity contribution < 1.29 is 13.9 Å². The fourth-order valence-electron chi connectivity index (χ4n) is 1.28. The van der Waals surface area contributed by atoms with Crippen LogP contribution in [-0.2, 0) is 9.53 Å². The van der Waals surface area contributed by atoms with Gasteiger partial charge in [-0.25, -0.2) is 4.39 Å². The van der Waals surface area contributed by atoms with Gasteiger partial charge in [0.15, 0.2) is 5.78 Å². The van der Waals surface area contributed by atoms with Gasteiger partial charge in [0.05, 0.1) is 0 Å². The molecule has 0 aromatic heterocycles. The molecule has 0 spiro atoms. The third-order valence-electron chi connectivity index (χ3n) is 1.89. The summed E-state index contributed by atoms with van der Waals surface area (Å²) >= 11 is 0. The Balaban J connectivity index is 2.99. The first kappa shape index (κ1) is 10.9. The Morgan fingerprint density at radius 3 is 2.64 bits per heavy atom. The summed E-state index contributed by atoms with van der Waals surface area (Å²) in [5, 5.41) is 0. The summed E-state index contributed by atoms with van der Waals surface area (Å²) in [4.78, 5) is 11.2. The van der Waals surface area contributed by atoms with E-state index in [4.69, 9.17) is 4.74 Å². The van der Waals surface area contributed by atoms with Crippen molar-refractivity contribution in [1.29, 1.82) is 0 Å². The van der Waals surface area contributed by atoms with Crippen LogP contribution in [0.4, 0.5) is 4.39 Å². The summed E-state index contributed by atoms with van der Waals surface area (Å²) in [5.74, 6) is -0.585. The number of carbonyl (C=O) groups is 1. The van der Waals surface area contributed by atoms with Crippen molar-refractivity contribution >= 4 is 5.78 Å². The predicted octanol–water partition coefficient (Wildman–Crippen LogP) is 2.49. The Labute approximate surface area is 82.7 Å². The molecular weight excluding hydrogens is 183 g/mol. The van der Waals surface area contributed by atoms with Crippen molar-refractivity contribution in [2.75, 3.05) is 6.61 Å². The molecular formula is C11H13FO2. The van der Waals surface area contributed by atoms with E-state index in [1.54, 1.807) is 25.1 Å². The average Bonchev–Trinajstić information content (AvgIpc) is 2.15. The highest BCUT2D eigenvalue weighted by molar-refractivity contribution is 5.81. The molecule has 3 heteroatoms. The zero-order valence-electron chi connectivity index (χ0n) is 8.29. The van der Waals surface area contributed by atoms with Gasteiger partial charge in [0, 0.05) is 12.2 Å². The summed E-state index contributed by atoms with van der Waals surface area (Å²) in [6.07, 6.45) is -0.777. The summed E-state index contributed by atoms with van der Waals surface area (Å²) < 4.78 is 18.5. The van der Waals surface area contributed by atoms with E-state index in [-0.39, 0.29) is 5.78 Å². The molecule has 1 aromatic carbocycles. The Bertz CT molecular complexity index is 323. The lowest BCUT2D eigenvalue weighted by Crippen LogP contribution is -2.14. The fraction of sp³-hybridized carbons (Fsp3) is 0.364. The number of Topliss-reactive ketones (excluding diaryl/α,β-unsaturated/α-hetero) is 1. The van der Waals surface area contributed by atoms with Crippen molar-refractivity contribution in [3.05, 3.63) is 35.6 Å². The van der Waals surface area contributed by atoms with Gasteiger partial charge in [-0.2, -0.15) is 0 Å². The van der Waals surface area contributed by atoms with Crippen LogP contribution >= 0.6 is 0 Å². The number of carbonyl (C=O) groups excluding carboxylic acids is 1. The third-order valence-corrected chi connectivity index (χ3v) is 1.89. The van der Waals surface area contributed by atoms with E-state index >= 15 is 0 Å². The molecule has 1 aromatic rings. The quantitative estimate of drug-likeness (QED) is 0.739. The Morgan fingerprint density at radius 1 is 1.50 bits per heavy atom. The van der Waals surface area contributed by atoms with Gasteiger partial charge in [0.2, 0.25) is 0 Å². The number of ether oxygens (including phenoxy) is 1. The molecule has 0 aliphatic carbocycles. The molecule has 0 heterocycles. The molecule has 0 saturated heterocycles. The minimum absolute atomic E-state index is 0.183. The van der Waals surface area contributed by atoms with E-state index in [1.807, 2.05) is 0 Å². The highest BCUT2D eigenvalue weighted by Gasteiger charge is 2.19. The van der Waals surface area contributed by atoms with Gasteiger partial charge in [-0.05, 0) is 19.9 Å². The molecule has 0 saturated carbocycles. The first-order valence-electron chi connectivity index (χ1n) is 4.53. The molecule has 0 fully saturated rings. The first-order valence-corrected chi connectivity index (χ1v) is 4.53. The van der Waals surface area contributed by atoms with Crippen molar-refractivity contribution in [3.63, 3.8) is 0 Å². The maximum atomic E-state index is 13.3. The van der Waals surface area contributed by atoms with Crippen LogP contribution in [0.1, 0.15) is 25.5 Å². The second-order valence-corrected chi connectivity index (χ2v) is 2.97. The summed E-state index contributed by atoms with van der Waals surface area (Å²) in [7, 11) is 0. The number of hydrogen-bond donors (Lipinski definition) is 0. The number of benzene rings is 1. The van der Waals surface area contributed by atoms with Gasteiger partial charge in [-0.15, -0.1) is 0 Å². The van der Waals surface area contributed by atoms with Crippen LogP contribution in [0.5, 0.6) is 0 Å². The standard InChI is InChI=1S/C11H13FO2/c1-3-14-11(8(2)13)9-6-4-5-7-10(9)12/h4-7,11H,3H2,1-2H3. The van der Waals surface area contributed by atoms with Crippen LogP contribution in [0, 0.1) is 5.82 Å². The monoisotopic (exact) mass is 196 g/mol. The second kappa shape index (κ2) is 4.86. The van der Waals surface area contributed by atoms with Crippen molar-refractivity contribution in [2.45, 2.75) is 20.0 Å². The van der Waals surface area contributed by atoms with E-state index in [0.29, 0.717) is 12.2 Å². The molecule has 1 unspecified atom stereocenters. The second-order valence-electron chi connectivity index (χ2n) is 2.97. The summed E-state index contributed by atoms with van der Waals surface area (Å²) in [5.41, 5.74) is 0.307. The lowest BCUT2D eigenvalue weighted by Gasteiger charge is -2.14. The number of rotatable bonds is 4. The lowest BCUT2D eigenvalue weighted by molar-refractivity contribution is -0.128. The summed E-state index contributed by atoms with van der Waals surface area (Å²) in [6.45, 7) is 3.56. The highest BCUT2D eigenvalue weighted by Crippen LogP contribution is 2.21. The van der Waals surface area contributed by atoms with Gasteiger partial charge >= 0.3 is 0 Å². The molecule has 2 nitrogen and oxygen atoms in total. The summed E-state index contributed by atoms with van der Waals surface area (Å²) in [6, 6.07) is 6.16. The zero-order chi connectivity index (χ0) is 10.6. The maximum absolute atomic E-state index is 13.3. The molecule has 0 aliphatic heterocycles. The smallest absolute Gasteiger partial charge is 0.163 e. The lowest BCUT2D eigenvalue weighted by atomic mass is 10.1. The van der Waals surface area contributed by atoms with Crippen LogP contribution < -0.4 is 0 Å². The fourth-order valence-corrected chi connectivity index (χ4v) is 1.28. The molecule has 1 atom stereocenters.